The largest absolute Gasteiger partial charge is 0.381 e. The topological polar surface area (TPSA) is 40.7 Å². The summed E-state index contributed by atoms with van der Waals surface area (Å²) in [5, 5.41) is 11.6. The zero-order valence-corrected chi connectivity index (χ0v) is 11.3. The van der Waals surface area contributed by atoms with Crippen LogP contribution in [0.2, 0.25) is 0 Å². The van der Waals surface area contributed by atoms with Crippen molar-refractivity contribution in [1.82, 2.24) is 10.2 Å². The van der Waals surface area contributed by atoms with Crippen LogP contribution in [-0.2, 0) is 6.54 Å². The van der Waals surface area contributed by atoms with E-state index in [1.807, 2.05) is 6.20 Å². The molecule has 1 aromatic heterocycles. The fraction of sp³-hybridized carbons (Fsp3) is 0.235. The van der Waals surface area contributed by atoms with Crippen LogP contribution < -0.4 is 5.32 Å². The van der Waals surface area contributed by atoms with Crippen LogP contribution in [0.4, 0.5) is 5.69 Å². The Labute approximate surface area is 118 Å². The molecule has 20 heavy (non-hydrogen) atoms. The molecule has 0 spiro atoms. The lowest BCUT2D eigenvalue weighted by Crippen LogP contribution is -1.99. The molecule has 1 heterocycles. The molecule has 0 radical (unpaired) electrons. The SMILES string of the molecule is c1cc(C2CC2)ccc1CNc1ccc2[nH]ncc2c1. The summed E-state index contributed by atoms with van der Waals surface area (Å²) < 4.78 is 0. The lowest BCUT2D eigenvalue weighted by molar-refractivity contribution is 1.10. The zero-order valence-electron chi connectivity index (χ0n) is 11.3. The summed E-state index contributed by atoms with van der Waals surface area (Å²) in [5.41, 5.74) is 5.02. The molecule has 2 N–H and O–H groups in total. The molecule has 0 unspecified atom stereocenters. The van der Waals surface area contributed by atoms with Crippen molar-refractivity contribution in [3.63, 3.8) is 0 Å². The summed E-state index contributed by atoms with van der Waals surface area (Å²) in [4.78, 5) is 0. The normalized spacial score (nSPS) is 14.6. The number of rotatable bonds is 4. The predicted octanol–water partition coefficient (Wildman–Crippen LogP) is 4.05. The maximum atomic E-state index is 4.04. The Morgan fingerprint density at radius 1 is 1.10 bits per heavy atom. The van der Waals surface area contributed by atoms with Gasteiger partial charge in [0.25, 0.3) is 0 Å². The van der Waals surface area contributed by atoms with Gasteiger partial charge in [-0.1, -0.05) is 24.3 Å². The van der Waals surface area contributed by atoms with Crippen LogP contribution in [-0.4, -0.2) is 10.2 Å². The second kappa shape index (κ2) is 4.67. The van der Waals surface area contributed by atoms with Gasteiger partial charge in [0.15, 0.2) is 0 Å². The van der Waals surface area contributed by atoms with E-state index in [1.165, 1.54) is 24.0 Å². The summed E-state index contributed by atoms with van der Waals surface area (Å²) in [7, 11) is 0. The second-order valence-electron chi connectivity index (χ2n) is 5.54. The van der Waals surface area contributed by atoms with Crippen LogP contribution in [0.3, 0.4) is 0 Å². The van der Waals surface area contributed by atoms with Crippen LogP contribution in [0, 0.1) is 0 Å². The quantitative estimate of drug-likeness (QED) is 0.745. The average Bonchev–Trinajstić information content (AvgIpc) is 3.23. The third-order valence-corrected chi connectivity index (χ3v) is 3.97. The monoisotopic (exact) mass is 263 g/mol. The number of anilines is 1. The van der Waals surface area contributed by atoms with E-state index in [0.29, 0.717) is 0 Å². The number of hydrogen-bond acceptors (Lipinski definition) is 2. The zero-order chi connectivity index (χ0) is 13.4. The van der Waals surface area contributed by atoms with Crippen LogP contribution in [0.5, 0.6) is 0 Å². The Balaban J connectivity index is 1.45. The first-order valence-corrected chi connectivity index (χ1v) is 7.14. The standard InChI is InChI=1S/C17H17N3/c1-3-13(14-5-6-14)4-2-12(1)10-18-16-7-8-17-15(9-16)11-19-20-17/h1-4,7-9,11,14,18H,5-6,10H2,(H,19,20). The number of hydrogen-bond donors (Lipinski definition) is 2. The molecular weight excluding hydrogens is 246 g/mol. The van der Waals surface area contributed by atoms with E-state index in [1.54, 1.807) is 0 Å². The molecule has 0 amide bonds. The molecular formula is C17H17N3. The third kappa shape index (κ3) is 2.27. The highest BCUT2D eigenvalue weighted by Gasteiger charge is 2.22. The van der Waals surface area contributed by atoms with E-state index >= 15 is 0 Å². The Morgan fingerprint density at radius 2 is 1.95 bits per heavy atom. The smallest absolute Gasteiger partial charge is 0.0651 e. The third-order valence-electron chi connectivity index (χ3n) is 3.97. The van der Waals surface area contributed by atoms with Crippen LogP contribution in [0.25, 0.3) is 10.9 Å². The number of benzene rings is 2. The van der Waals surface area contributed by atoms with Gasteiger partial charge in [0.05, 0.1) is 11.7 Å². The molecule has 2 aromatic carbocycles. The van der Waals surface area contributed by atoms with Crippen LogP contribution in [0.1, 0.15) is 29.9 Å². The molecule has 3 aromatic rings. The Bertz CT molecular complexity index is 723. The van der Waals surface area contributed by atoms with Crippen LogP contribution in [0.15, 0.2) is 48.7 Å². The van der Waals surface area contributed by atoms with Gasteiger partial charge in [-0.25, -0.2) is 0 Å². The van der Waals surface area contributed by atoms with E-state index in [-0.39, 0.29) is 0 Å². The summed E-state index contributed by atoms with van der Waals surface area (Å²) in [6.07, 6.45) is 4.58. The minimum absolute atomic E-state index is 0.834. The van der Waals surface area contributed by atoms with E-state index < -0.39 is 0 Å². The van der Waals surface area contributed by atoms with E-state index in [2.05, 4.69) is 58.0 Å². The van der Waals surface area contributed by atoms with Gasteiger partial charge in [-0.2, -0.15) is 5.10 Å². The Morgan fingerprint density at radius 3 is 2.75 bits per heavy atom. The summed E-state index contributed by atoms with van der Waals surface area (Å²) in [6.45, 7) is 0.855. The van der Waals surface area contributed by atoms with Crippen molar-refractivity contribution in [2.75, 3.05) is 5.32 Å². The molecule has 3 nitrogen and oxygen atoms in total. The molecule has 3 heteroatoms. The lowest BCUT2D eigenvalue weighted by atomic mass is 10.1. The maximum absolute atomic E-state index is 4.04. The molecule has 0 bridgehead atoms. The number of nitrogens with zero attached hydrogens (tertiary/aromatic N) is 1. The van der Waals surface area contributed by atoms with E-state index in [9.17, 15) is 0 Å². The highest BCUT2D eigenvalue weighted by molar-refractivity contribution is 5.81. The first kappa shape index (κ1) is 11.5. The maximum Gasteiger partial charge on any atom is 0.0651 e. The molecule has 1 aliphatic rings. The number of aromatic nitrogens is 2. The number of H-pyrrole nitrogens is 1. The molecule has 1 fully saturated rings. The highest BCUT2D eigenvalue weighted by Crippen LogP contribution is 2.39. The lowest BCUT2D eigenvalue weighted by Gasteiger charge is -2.07. The molecule has 0 aliphatic heterocycles. The van der Waals surface area contributed by atoms with Crippen molar-refractivity contribution in [1.29, 1.82) is 0 Å². The van der Waals surface area contributed by atoms with Crippen molar-refractivity contribution >= 4 is 16.6 Å². The van der Waals surface area contributed by atoms with Gasteiger partial charge >= 0.3 is 0 Å². The fourth-order valence-electron chi connectivity index (χ4n) is 2.58. The van der Waals surface area contributed by atoms with E-state index in [4.69, 9.17) is 0 Å². The number of fused-ring (bicyclic) bond motifs is 1. The Kier molecular flexibility index (Phi) is 2.69. The van der Waals surface area contributed by atoms with Crippen molar-refractivity contribution in [2.24, 2.45) is 0 Å². The van der Waals surface area contributed by atoms with Crippen molar-refractivity contribution in [3.05, 3.63) is 59.8 Å². The van der Waals surface area contributed by atoms with Gasteiger partial charge in [-0.3, -0.25) is 5.10 Å². The van der Waals surface area contributed by atoms with Gasteiger partial charge < -0.3 is 5.32 Å². The van der Waals surface area contributed by atoms with Crippen molar-refractivity contribution < 1.29 is 0 Å². The number of aromatic amines is 1. The van der Waals surface area contributed by atoms with Gasteiger partial charge in [-0.05, 0) is 48.1 Å². The van der Waals surface area contributed by atoms with Crippen molar-refractivity contribution in [2.45, 2.75) is 25.3 Å². The van der Waals surface area contributed by atoms with Crippen LogP contribution >= 0.6 is 0 Å². The Hall–Kier alpha value is -2.29. The summed E-state index contributed by atoms with van der Waals surface area (Å²) in [6, 6.07) is 15.3. The fourth-order valence-corrected chi connectivity index (χ4v) is 2.58. The first-order chi connectivity index (χ1) is 9.88. The minimum Gasteiger partial charge on any atom is -0.381 e. The van der Waals surface area contributed by atoms with Gasteiger partial charge in [-0.15, -0.1) is 0 Å². The van der Waals surface area contributed by atoms with Gasteiger partial charge in [0, 0.05) is 17.6 Å². The summed E-state index contributed by atoms with van der Waals surface area (Å²) >= 11 is 0. The molecule has 4 rings (SSSR count). The average molecular weight is 263 g/mol. The second-order valence-corrected chi connectivity index (χ2v) is 5.54. The minimum atomic E-state index is 0.834. The number of nitrogens with one attached hydrogen (secondary N) is 2. The highest BCUT2D eigenvalue weighted by atomic mass is 15.1. The van der Waals surface area contributed by atoms with Crippen molar-refractivity contribution in [3.8, 4) is 0 Å². The van der Waals surface area contributed by atoms with E-state index in [0.717, 1.165) is 29.1 Å². The molecule has 0 atom stereocenters. The van der Waals surface area contributed by atoms with Gasteiger partial charge in [0.1, 0.15) is 0 Å². The molecule has 1 aliphatic carbocycles. The van der Waals surface area contributed by atoms with Gasteiger partial charge in [0.2, 0.25) is 0 Å². The summed E-state index contributed by atoms with van der Waals surface area (Å²) in [5.74, 6) is 0.834. The molecule has 1 saturated carbocycles. The first-order valence-electron chi connectivity index (χ1n) is 7.14. The molecule has 0 saturated heterocycles. The molecule has 100 valence electrons. The predicted molar refractivity (Wildman–Crippen MR) is 81.8 cm³/mol.